The minimum atomic E-state index is -0.710. The summed E-state index contributed by atoms with van der Waals surface area (Å²) in [4.78, 5) is 38.2. The number of hydrogen-bond donors (Lipinski definition) is 3. The molecule has 1 heterocycles. The lowest BCUT2D eigenvalue weighted by molar-refractivity contribution is 0.0952. The summed E-state index contributed by atoms with van der Waals surface area (Å²) in [6, 6.07) is 7.26. The van der Waals surface area contributed by atoms with Crippen molar-refractivity contribution in [1.29, 1.82) is 0 Å². The summed E-state index contributed by atoms with van der Waals surface area (Å²) in [5.74, 6) is -0.531. The van der Waals surface area contributed by atoms with Gasteiger partial charge in [-0.3, -0.25) is 14.6 Å². The molecule has 3 N–H and O–H groups in total. The van der Waals surface area contributed by atoms with Gasteiger partial charge in [0.1, 0.15) is 5.56 Å². The molecule has 0 aliphatic heterocycles. The second-order valence-electron chi connectivity index (χ2n) is 4.12. The summed E-state index contributed by atoms with van der Waals surface area (Å²) in [5, 5.41) is 3.26. The molecule has 20 heavy (non-hydrogen) atoms. The zero-order valence-corrected chi connectivity index (χ0v) is 11.2. The summed E-state index contributed by atoms with van der Waals surface area (Å²) >= 11 is 5.77. The summed E-state index contributed by atoms with van der Waals surface area (Å²) in [6.45, 7) is 0.374. The van der Waals surface area contributed by atoms with E-state index in [2.05, 4.69) is 10.3 Å². The zero-order valence-electron chi connectivity index (χ0n) is 10.4. The van der Waals surface area contributed by atoms with E-state index in [-0.39, 0.29) is 5.56 Å². The molecule has 104 valence electrons. The maximum atomic E-state index is 11.7. The van der Waals surface area contributed by atoms with Crippen molar-refractivity contribution in [3.8, 4) is 0 Å². The molecule has 0 unspecified atom stereocenters. The molecule has 1 amide bonds. The Morgan fingerprint density at radius 2 is 1.90 bits per heavy atom. The van der Waals surface area contributed by atoms with E-state index in [4.69, 9.17) is 11.6 Å². The molecule has 1 aromatic carbocycles. The lowest BCUT2D eigenvalue weighted by Crippen LogP contribution is -2.34. The first kappa shape index (κ1) is 14.1. The fourth-order valence-corrected chi connectivity index (χ4v) is 1.77. The third kappa shape index (κ3) is 3.58. The average molecular weight is 294 g/mol. The zero-order chi connectivity index (χ0) is 14.5. The fraction of sp³-hybridized carbons (Fsp3) is 0.154. The van der Waals surface area contributed by atoms with Gasteiger partial charge in [-0.25, -0.2) is 4.79 Å². The first-order chi connectivity index (χ1) is 9.56. The van der Waals surface area contributed by atoms with E-state index in [0.29, 0.717) is 18.0 Å². The van der Waals surface area contributed by atoms with Gasteiger partial charge in [0.2, 0.25) is 0 Å². The molecular weight excluding hydrogens is 282 g/mol. The first-order valence-electron chi connectivity index (χ1n) is 5.91. The second-order valence-corrected chi connectivity index (χ2v) is 4.55. The highest BCUT2D eigenvalue weighted by Crippen LogP contribution is 2.09. The molecule has 0 saturated carbocycles. The van der Waals surface area contributed by atoms with Gasteiger partial charge in [-0.2, -0.15) is 0 Å². The van der Waals surface area contributed by atoms with Crippen LogP contribution in [0.2, 0.25) is 5.02 Å². The lowest BCUT2D eigenvalue weighted by atomic mass is 10.1. The van der Waals surface area contributed by atoms with E-state index >= 15 is 0 Å². The van der Waals surface area contributed by atoms with Gasteiger partial charge < -0.3 is 10.3 Å². The molecule has 0 bridgehead atoms. The fourth-order valence-electron chi connectivity index (χ4n) is 1.65. The van der Waals surface area contributed by atoms with Crippen LogP contribution in [0, 0.1) is 0 Å². The largest absolute Gasteiger partial charge is 0.351 e. The molecular formula is C13H12ClN3O3. The van der Waals surface area contributed by atoms with Gasteiger partial charge in [0.05, 0.1) is 0 Å². The number of aromatic amines is 2. The number of aromatic nitrogens is 2. The van der Waals surface area contributed by atoms with Crippen LogP contribution in [-0.2, 0) is 6.42 Å². The van der Waals surface area contributed by atoms with E-state index in [1.165, 1.54) is 0 Å². The van der Waals surface area contributed by atoms with Gasteiger partial charge in [0, 0.05) is 17.8 Å². The van der Waals surface area contributed by atoms with Crippen LogP contribution < -0.4 is 16.6 Å². The van der Waals surface area contributed by atoms with Crippen LogP contribution in [0.5, 0.6) is 0 Å². The number of H-pyrrole nitrogens is 2. The lowest BCUT2D eigenvalue weighted by Gasteiger charge is -2.04. The van der Waals surface area contributed by atoms with Crippen LogP contribution in [0.25, 0.3) is 0 Å². The predicted octanol–water partition coefficient (Wildman–Crippen LogP) is 0.689. The molecule has 1 aromatic heterocycles. The normalized spacial score (nSPS) is 10.2. The maximum absolute atomic E-state index is 11.7. The van der Waals surface area contributed by atoms with Gasteiger partial charge in [-0.1, -0.05) is 23.7 Å². The molecule has 0 saturated heterocycles. The number of carbonyl (C=O) groups is 1. The number of benzene rings is 1. The third-order valence-corrected chi connectivity index (χ3v) is 2.93. The molecule has 2 rings (SSSR count). The Bertz CT molecular complexity index is 719. The second kappa shape index (κ2) is 6.21. The summed E-state index contributed by atoms with van der Waals surface area (Å²) < 4.78 is 0. The Morgan fingerprint density at radius 1 is 1.20 bits per heavy atom. The number of amides is 1. The Hall–Kier alpha value is -2.34. The molecule has 6 nitrogen and oxygen atoms in total. The quantitative estimate of drug-likeness (QED) is 0.774. The molecule has 0 radical (unpaired) electrons. The Labute approximate surface area is 118 Å². The van der Waals surface area contributed by atoms with Gasteiger partial charge >= 0.3 is 5.69 Å². The molecule has 0 aliphatic carbocycles. The van der Waals surface area contributed by atoms with E-state index < -0.39 is 17.2 Å². The average Bonchev–Trinajstić information content (AvgIpc) is 2.41. The number of hydrogen-bond acceptors (Lipinski definition) is 3. The number of carbonyl (C=O) groups excluding carboxylic acids is 1. The van der Waals surface area contributed by atoms with Crippen molar-refractivity contribution < 1.29 is 4.79 Å². The summed E-state index contributed by atoms with van der Waals surface area (Å²) in [7, 11) is 0. The van der Waals surface area contributed by atoms with Crippen LogP contribution in [0.4, 0.5) is 0 Å². The molecule has 7 heteroatoms. The summed E-state index contributed by atoms with van der Waals surface area (Å²) in [6.07, 6.45) is 1.71. The highest BCUT2D eigenvalue weighted by atomic mass is 35.5. The van der Waals surface area contributed by atoms with Crippen molar-refractivity contribution in [2.45, 2.75) is 6.42 Å². The van der Waals surface area contributed by atoms with Gasteiger partial charge in [0.25, 0.3) is 11.5 Å². The van der Waals surface area contributed by atoms with E-state index in [1.807, 2.05) is 17.1 Å². The van der Waals surface area contributed by atoms with E-state index in [9.17, 15) is 14.4 Å². The smallest absolute Gasteiger partial charge is 0.325 e. The monoisotopic (exact) mass is 293 g/mol. The first-order valence-corrected chi connectivity index (χ1v) is 6.29. The van der Waals surface area contributed by atoms with Crippen molar-refractivity contribution in [3.63, 3.8) is 0 Å². The van der Waals surface area contributed by atoms with E-state index in [1.54, 1.807) is 12.1 Å². The number of nitrogens with one attached hydrogen (secondary N) is 3. The van der Waals surface area contributed by atoms with Crippen LogP contribution in [-0.4, -0.2) is 22.4 Å². The van der Waals surface area contributed by atoms with Gasteiger partial charge in [0.15, 0.2) is 0 Å². The molecule has 0 spiro atoms. The van der Waals surface area contributed by atoms with Crippen LogP contribution >= 0.6 is 11.6 Å². The summed E-state index contributed by atoms with van der Waals surface area (Å²) in [5.41, 5.74) is -0.462. The highest BCUT2D eigenvalue weighted by molar-refractivity contribution is 6.30. The topological polar surface area (TPSA) is 94.8 Å². The van der Waals surface area contributed by atoms with Crippen molar-refractivity contribution in [1.82, 2.24) is 15.3 Å². The van der Waals surface area contributed by atoms with Gasteiger partial charge in [-0.05, 0) is 24.1 Å². The third-order valence-electron chi connectivity index (χ3n) is 2.68. The minimum Gasteiger partial charge on any atom is -0.351 e. The standard InChI is InChI=1S/C13H12ClN3O3/c14-9-3-1-8(2-4-9)5-6-15-11(18)10-7-16-13(20)17-12(10)19/h1-4,7H,5-6H2,(H,15,18)(H2,16,17,19,20). The van der Waals surface area contributed by atoms with Crippen molar-refractivity contribution in [3.05, 3.63) is 67.4 Å². The van der Waals surface area contributed by atoms with Crippen molar-refractivity contribution in [2.75, 3.05) is 6.54 Å². The number of halogens is 1. The number of rotatable bonds is 4. The van der Waals surface area contributed by atoms with Crippen LogP contribution in [0.15, 0.2) is 40.1 Å². The highest BCUT2D eigenvalue weighted by Gasteiger charge is 2.09. The van der Waals surface area contributed by atoms with E-state index in [0.717, 1.165) is 11.8 Å². The molecule has 0 fully saturated rings. The maximum Gasteiger partial charge on any atom is 0.325 e. The Balaban J connectivity index is 1.94. The predicted molar refractivity (Wildman–Crippen MR) is 75.2 cm³/mol. The van der Waals surface area contributed by atoms with Crippen LogP contribution in [0.1, 0.15) is 15.9 Å². The SMILES string of the molecule is O=C(NCCc1ccc(Cl)cc1)c1c[nH]c(=O)[nH]c1=O. The van der Waals surface area contributed by atoms with Gasteiger partial charge in [-0.15, -0.1) is 0 Å². The Morgan fingerprint density at radius 3 is 2.55 bits per heavy atom. The van der Waals surface area contributed by atoms with Crippen molar-refractivity contribution in [2.24, 2.45) is 0 Å². The molecule has 2 aromatic rings. The van der Waals surface area contributed by atoms with Crippen LogP contribution in [0.3, 0.4) is 0 Å². The Kier molecular flexibility index (Phi) is 4.37. The molecule has 0 aliphatic rings. The molecule has 0 atom stereocenters. The van der Waals surface area contributed by atoms with Crippen molar-refractivity contribution >= 4 is 17.5 Å². The minimum absolute atomic E-state index is 0.124.